The Hall–Kier alpha value is -2.48. The molecule has 2 aromatic rings. The summed E-state index contributed by atoms with van der Waals surface area (Å²) in [4.78, 5) is 21.2. The first-order valence-electron chi connectivity index (χ1n) is 5.62. The largest absolute Gasteiger partial charge is 0.478 e. The molecule has 8 heteroatoms. The van der Waals surface area contributed by atoms with Crippen LogP contribution in [0.1, 0.15) is 10.4 Å². The fourth-order valence-electron chi connectivity index (χ4n) is 1.66. The molecule has 0 amide bonds. The number of anilines is 2. The van der Waals surface area contributed by atoms with Crippen LogP contribution < -0.4 is 5.32 Å². The van der Waals surface area contributed by atoms with Gasteiger partial charge in [-0.15, -0.1) is 0 Å². The standard InChI is InChI=1S/C13H8BrFN2O4/c14-9-3-2-8(6-10(9)15)16-11-5-7(13(18)19)1-4-12(11)17(20)21/h1-6,16H,(H,18,19). The van der Waals surface area contributed by atoms with Crippen molar-refractivity contribution in [2.75, 3.05) is 5.32 Å². The van der Waals surface area contributed by atoms with E-state index in [9.17, 15) is 19.3 Å². The summed E-state index contributed by atoms with van der Waals surface area (Å²) in [5, 5.41) is 22.5. The summed E-state index contributed by atoms with van der Waals surface area (Å²) < 4.78 is 13.7. The maximum Gasteiger partial charge on any atom is 0.335 e. The first kappa shape index (κ1) is 14.9. The molecule has 2 N–H and O–H groups in total. The van der Waals surface area contributed by atoms with Gasteiger partial charge in [-0.2, -0.15) is 0 Å². The molecule has 0 aromatic heterocycles. The van der Waals surface area contributed by atoms with Gasteiger partial charge in [-0.05, 0) is 46.3 Å². The van der Waals surface area contributed by atoms with Gasteiger partial charge in [-0.3, -0.25) is 10.1 Å². The van der Waals surface area contributed by atoms with Crippen molar-refractivity contribution in [2.45, 2.75) is 0 Å². The number of aromatic carboxylic acids is 1. The van der Waals surface area contributed by atoms with Gasteiger partial charge in [0.25, 0.3) is 5.69 Å². The summed E-state index contributed by atoms with van der Waals surface area (Å²) in [6, 6.07) is 7.42. The van der Waals surface area contributed by atoms with Crippen LogP contribution in [0.5, 0.6) is 0 Å². The maximum atomic E-state index is 13.4. The quantitative estimate of drug-likeness (QED) is 0.640. The molecule has 0 unspecified atom stereocenters. The van der Waals surface area contributed by atoms with Crippen molar-refractivity contribution in [3.63, 3.8) is 0 Å². The second kappa shape index (κ2) is 5.88. The van der Waals surface area contributed by atoms with Crippen molar-refractivity contribution in [2.24, 2.45) is 0 Å². The second-order valence-corrected chi connectivity index (χ2v) is 4.90. The summed E-state index contributed by atoms with van der Waals surface area (Å²) in [7, 11) is 0. The molecule has 0 aliphatic heterocycles. The van der Waals surface area contributed by atoms with Crippen LogP contribution >= 0.6 is 15.9 Å². The van der Waals surface area contributed by atoms with Gasteiger partial charge in [0.1, 0.15) is 11.5 Å². The van der Waals surface area contributed by atoms with E-state index < -0.39 is 16.7 Å². The molecule has 0 spiro atoms. The molecule has 6 nitrogen and oxygen atoms in total. The lowest BCUT2D eigenvalue weighted by Gasteiger charge is -2.08. The summed E-state index contributed by atoms with van der Waals surface area (Å²) in [5.74, 6) is -1.76. The highest BCUT2D eigenvalue weighted by Crippen LogP contribution is 2.30. The maximum absolute atomic E-state index is 13.4. The fourth-order valence-corrected chi connectivity index (χ4v) is 1.90. The summed E-state index contributed by atoms with van der Waals surface area (Å²) >= 11 is 2.99. The van der Waals surface area contributed by atoms with Crippen LogP contribution in [0.25, 0.3) is 0 Å². The van der Waals surface area contributed by atoms with Gasteiger partial charge in [0.2, 0.25) is 0 Å². The van der Waals surface area contributed by atoms with Gasteiger partial charge < -0.3 is 10.4 Å². The van der Waals surface area contributed by atoms with E-state index >= 15 is 0 Å². The molecule has 0 aliphatic carbocycles. The molecule has 0 saturated heterocycles. The zero-order valence-corrected chi connectivity index (χ0v) is 11.9. The van der Waals surface area contributed by atoms with Crippen molar-refractivity contribution in [1.82, 2.24) is 0 Å². The third-order valence-electron chi connectivity index (χ3n) is 2.64. The highest BCUT2D eigenvalue weighted by molar-refractivity contribution is 9.10. The predicted octanol–water partition coefficient (Wildman–Crippen LogP) is 3.94. The number of carboxylic acids is 1. The zero-order valence-electron chi connectivity index (χ0n) is 10.3. The molecule has 21 heavy (non-hydrogen) atoms. The average molecular weight is 355 g/mol. The Bertz CT molecular complexity index is 736. The van der Waals surface area contributed by atoms with Gasteiger partial charge in [-0.25, -0.2) is 9.18 Å². The Morgan fingerprint density at radius 3 is 2.57 bits per heavy atom. The minimum Gasteiger partial charge on any atom is -0.478 e. The molecule has 2 aromatic carbocycles. The average Bonchev–Trinajstić information content (AvgIpc) is 2.42. The molecular weight excluding hydrogens is 347 g/mol. The first-order chi connectivity index (χ1) is 9.88. The molecule has 108 valence electrons. The summed E-state index contributed by atoms with van der Waals surface area (Å²) in [5.41, 5.74) is -0.174. The topological polar surface area (TPSA) is 92.5 Å². The van der Waals surface area contributed by atoms with Crippen molar-refractivity contribution < 1.29 is 19.2 Å². The van der Waals surface area contributed by atoms with Crippen LogP contribution in [0.15, 0.2) is 40.9 Å². The SMILES string of the molecule is O=C(O)c1ccc([N+](=O)[O-])c(Nc2ccc(Br)c(F)c2)c1. The summed E-state index contributed by atoms with van der Waals surface area (Å²) in [6.45, 7) is 0. The number of rotatable bonds is 4. The number of nitrogens with one attached hydrogen (secondary N) is 1. The first-order valence-corrected chi connectivity index (χ1v) is 6.41. The summed E-state index contributed by atoms with van der Waals surface area (Å²) in [6.07, 6.45) is 0. The molecule has 0 radical (unpaired) electrons. The third kappa shape index (κ3) is 3.34. The molecule has 2 rings (SSSR count). The van der Waals surface area contributed by atoms with Gasteiger partial charge in [0.05, 0.1) is 15.0 Å². The number of hydrogen-bond donors (Lipinski definition) is 2. The Balaban J connectivity index is 2.45. The molecule has 0 aliphatic rings. The van der Waals surface area contributed by atoms with Gasteiger partial charge in [0.15, 0.2) is 0 Å². The lowest BCUT2D eigenvalue weighted by molar-refractivity contribution is -0.383. The number of hydrogen-bond acceptors (Lipinski definition) is 4. The van der Waals surface area contributed by atoms with Crippen molar-refractivity contribution in [3.8, 4) is 0 Å². The Kier molecular flexibility index (Phi) is 4.18. The van der Waals surface area contributed by atoms with E-state index in [0.717, 1.165) is 24.3 Å². The van der Waals surface area contributed by atoms with Crippen LogP contribution in [-0.2, 0) is 0 Å². The molecule has 0 bridgehead atoms. The number of carboxylic acid groups (broad SMARTS) is 1. The number of halogens is 2. The minimum atomic E-state index is -1.21. The Labute approximate surface area is 126 Å². The van der Waals surface area contributed by atoms with Crippen LogP contribution in [-0.4, -0.2) is 16.0 Å². The van der Waals surface area contributed by atoms with Gasteiger partial charge in [-0.1, -0.05) is 0 Å². The molecule has 0 atom stereocenters. The van der Waals surface area contributed by atoms with Crippen molar-refractivity contribution in [3.05, 3.63) is 62.4 Å². The number of benzene rings is 2. The Morgan fingerprint density at radius 1 is 1.29 bits per heavy atom. The molecule has 0 saturated carbocycles. The van der Waals surface area contributed by atoms with E-state index in [1.807, 2.05) is 0 Å². The van der Waals surface area contributed by atoms with Crippen molar-refractivity contribution in [1.29, 1.82) is 0 Å². The monoisotopic (exact) mass is 354 g/mol. The molecule has 0 heterocycles. The number of nitro groups is 1. The predicted molar refractivity (Wildman–Crippen MR) is 77.4 cm³/mol. The van der Waals surface area contributed by atoms with Gasteiger partial charge >= 0.3 is 5.97 Å². The highest BCUT2D eigenvalue weighted by atomic mass is 79.9. The smallest absolute Gasteiger partial charge is 0.335 e. The van der Waals surface area contributed by atoms with Crippen LogP contribution in [0.4, 0.5) is 21.5 Å². The third-order valence-corrected chi connectivity index (χ3v) is 3.28. The molecule has 0 fully saturated rings. The molecular formula is C13H8BrFN2O4. The zero-order chi connectivity index (χ0) is 15.6. The van der Waals surface area contributed by atoms with Crippen LogP contribution in [0.3, 0.4) is 0 Å². The van der Waals surface area contributed by atoms with E-state index in [1.54, 1.807) is 0 Å². The number of carbonyl (C=O) groups is 1. The van der Waals surface area contributed by atoms with E-state index in [4.69, 9.17) is 5.11 Å². The normalized spacial score (nSPS) is 10.2. The van der Waals surface area contributed by atoms with E-state index in [-0.39, 0.29) is 27.1 Å². The van der Waals surface area contributed by atoms with E-state index in [0.29, 0.717) is 0 Å². The van der Waals surface area contributed by atoms with Crippen LogP contribution in [0, 0.1) is 15.9 Å². The highest BCUT2D eigenvalue weighted by Gasteiger charge is 2.17. The van der Waals surface area contributed by atoms with Crippen molar-refractivity contribution >= 4 is 39.0 Å². The van der Waals surface area contributed by atoms with Crippen LogP contribution in [0.2, 0.25) is 0 Å². The van der Waals surface area contributed by atoms with E-state index in [2.05, 4.69) is 21.2 Å². The second-order valence-electron chi connectivity index (χ2n) is 4.05. The van der Waals surface area contributed by atoms with E-state index in [1.165, 1.54) is 12.1 Å². The minimum absolute atomic E-state index is 0.0263. The lowest BCUT2D eigenvalue weighted by atomic mass is 10.1. The Morgan fingerprint density at radius 2 is 2.00 bits per heavy atom. The lowest BCUT2D eigenvalue weighted by Crippen LogP contribution is -2.02. The number of nitro benzene ring substituents is 1. The number of nitrogens with zero attached hydrogens (tertiary/aromatic N) is 1. The fraction of sp³-hybridized carbons (Fsp3) is 0. The van der Waals surface area contributed by atoms with Gasteiger partial charge in [0, 0.05) is 11.8 Å².